The van der Waals surface area contributed by atoms with Crippen molar-refractivity contribution in [3.8, 4) is 0 Å². The van der Waals surface area contributed by atoms with Gasteiger partial charge in [0.25, 0.3) is 0 Å². The van der Waals surface area contributed by atoms with Gasteiger partial charge in [0.1, 0.15) is 5.78 Å². The maximum Gasteiger partial charge on any atom is 0.146 e. The van der Waals surface area contributed by atoms with Crippen molar-refractivity contribution in [2.24, 2.45) is 0 Å². The van der Waals surface area contributed by atoms with Gasteiger partial charge >= 0.3 is 0 Å². The van der Waals surface area contributed by atoms with Crippen LogP contribution in [-0.4, -0.2) is 24.6 Å². The van der Waals surface area contributed by atoms with E-state index in [0.29, 0.717) is 0 Å². The Kier molecular flexibility index (Phi) is 4.81. The lowest BCUT2D eigenvalue weighted by Crippen LogP contribution is -2.32. The molecule has 0 saturated heterocycles. The predicted octanol–water partition coefficient (Wildman–Crippen LogP) is 0.483. The molecule has 0 saturated carbocycles. The maximum atomic E-state index is 10.7. The highest BCUT2D eigenvalue weighted by Crippen LogP contribution is 1.93. The number of thiol groups is 1. The Labute approximate surface area is 61.4 Å². The number of hydrogen-bond acceptors (Lipinski definition) is 3. The average molecular weight is 147 g/mol. The Bertz CT molecular complexity index is 95.1. The average Bonchev–Trinajstić information content (AvgIpc) is 1.82. The molecule has 0 rings (SSSR count). The molecule has 0 unspecified atom stereocenters. The van der Waals surface area contributed by atoms with Crippen molar-refractivity contribution in [3.05, 3.63) is 0 Å². The summed E-state index contributed by atoms with van der Waals surface area (Å²) >= 11 is 4.02. The van der Waals surface area contributed by atoms with Crippen molar-refractivity contribution in [2.75, 3.05) is 12.8 Å². The molecule has 0 amide bonds. The summed E-state index contributed by atoms with van der Waals surface area (Å²) in [5.41, 5.74) is 0. The lowest BCUT2D eigenvalue weighted by molar-refractivity contribution is -0.118. The van der Waals surface area contributed by atoms with Gasteiger partial charge in [-0.1, -0.05) is 0 Å². The second-order valence-corrected chi connectivity index (χ2v) is 2.41. The summed E-state index contributed by atoms with van der Waals surface area (Å²) in [6, 6.07) is 0.00231. The molecular weight excluding hydrogens is 134 g/mol. The monoisotopic (exact) mass is 147 g/mol. The van der Waals surface area contributed by atoms with Gasteiger partial charge in [0, 0.05) is 0 Å². The van der Waals surface area contributed by atoms with Gasteiger partial charge in [0.15, 0.2) is 0 Å². The van der Waals surface area contributed by atoms with Crippen molar-refractivity contribution in [3.63, 3.8) is 0 Å². The molecule has 0 aromatic heterocycles. The van der Waals surface area contributed by atoms with Crippen molar-refractivity contribution >= 4 is 18.4 Å². The zero-order chi connectivity index (χ0) is 7.28. The molecule has 54 valence electrons. The summed E-state index contributed by atoms with van der Waals surface area (Å²) in [4.78, 5) is 10.7. The SMILES string of the molecule is CN[C@@H](CCS)C(C)=O. The van der Waals surface area contributed by atoms with Crippen molar-refractivity contribution in [1.29, 1.82) is 0 Å². The highest BCUT2D eigenvalue weighted by atomic mass is 32.1. The standard InChI is InChI=1S/C6H13NOS/c1-5(8)6(7-2)3-4-9/h6-7,9H,3-4H2,1-2H3/t6-/m0/s1. The van der Waals surface area contributed by atoms with Gasteiger partial charge in [-0.2, -0.15) is 12.6 Å². The molecule has 0 aromatic rings. The number of hydrogen-bond donors (Lipinski definition) is 2. The molecule has 9 heavy (non-hydrogen) atoms. The van der Waals surface area contributed by atoms with Gasteiger partial charge in [-0.15, -0.1) is 0 Å². The number of Topliss-reactive ketones (excluding diaryl/α,β-unsaturated/α-hetero) is 1. The van der Waals surface area contributed by atoms with Crippen LogP contribution in [-0.2, 0) is 4.79 Å². The molecular formula is C6H13NOS. The zero-order valence-corrected chi connectivity index (χ0v) is 6.74. The fourth-order valence-electron chi connectivity index (χ4n) is 0.680. The minimum Gasteiger partial charge on any atom is -0.311 e. The van der Waals surface area contributed by atoms with E-state index >= 15 is 0 Å². The molecule has 0 heterocycles. The van der Waals surface area contributed by atoms with Gasteiger partial charge in [0.2, 0.25) is 0 Å². The summed E-state index contributed by atoms with van der Waals surface area (Å²) in [7, 11) is 1.79. The maximum absolute atomic E-state index is 10.7. The number of carbonyl (C=O) groups is 1. The van der Waals surface area contributed by atoms with Crippen LogP contribution in [0.4, 0.5) is 0 Å². The molecule has 0 aliphatic rings. The first kappa shape index (κ1) is 8.98. The van der Waals surface area contributed by atoms with Crippen LogP contribution >= 0.6 is 12.6 Å². The molecule has 0 bridgehead atoms. The Morgan fingerprint density at radius 1 is 1.78 bits per heavy atom. The number of likely N-dealkylation sites (N-methyl/N-ethyl adjacent to an activating group) is 1. The zero-order valence-electron chi connectivity index (χ0n) is 5.85. The molecule has 0 fully saturated rings. The van der Waals surface area contributed by atoms with E-state index in [2.05, 4.69) is 17.9 Å². The van der Waals surface area contributed by atoms with E-state index < -0.39 is 0 Å². The minimum atomic E-state index is 0.00231. The first-order chi connectivity index (χ1) is 4.22. The van der Waals surface area contributed by atoms with Crippen LogP contribution in [0.5, 0.6) is 0 Å². The summed E-state index contributed by atoms with van der Waals surface area (Å²) in [6.45, 7) is 1.59. The molecule has 3 heteroatoms. The largest absolute Gasteiger partial charge is 0.311 e. The van der Waals surface area contributed by atoms with Crippen molar-refractivity contribution < 1.29 is 4.79 Å². The Balaban J connectivity index is 3.54. The first-order valence-electron chi connectivity index (χ1n) is 3.01. The number of ketones is 1. The molecule has 1 N–H and O–H groups in total. The smallest absolute Gasteiger partial charge is 0.146 e. The molecule has 0 aromatic carbocycles. The Morgan fingerprint density at radius 3 is 2.44 bits per heavy atom. The third-order valence-electron chi connectivity index (χ3n) is 1.26. The van der Waals surface area contributed by atoms with Crippen LogP contribution in [0.2, 0.25) is 0 Å². The van der Waals surface area contributed by atoms with E-state index in [0.717, 1.165) is 12.2 Å². The Hall–Kier alpha value is -0.0200. The lowest BCUT2D eigenvalue weighted by atomic mass is 10.1. The molecule has 0 aliphatic carbocycles. The molecule has 1 atom stereocenters. The van der Waals surface area contributed by atoms with E-state index in [1.54, 1.807) is 14.0 Å². The third-order valence-corrected chi connectivity index (χ3v) is 1.52. The minimum absolute atomic E-state index is 0.00231. The Morgan fingerprint density at radius 2 is 2.33 bits per heavy atom. The molecule has 0 aliphatic heterocycles. The predicted molar refractivity (Wildman–Crippen MR) is 42.0 cm³/mol. The normalized spacial score (nSPS) is 13.2. The highest BCUT2D eigenvalue weighted by molar-refractivity contribution is 7.80. The summed E-state index contributed by atoms with van der Waals surface area (Å²) in [5.74, 6) is 0.942. The topological polar surface area (TPSA) is 29.1 Å². The second-order valence-electron chi connectivity index (χ2n) is 1.96. The summed E-state index contributed by atoms with van der Waals surface area (Å²) < 4.78 is 0. The van der Waals surface area contributed by atoms with Gasteiger partial charge in [-0.25, -0.2) is 0 Å². The van der Waals surface area contributed by atoms with Crippen molar-refractivity contribution in [1.82, 2.24) is 5.32 Å². The summed E-state index contributed by atoms with van der Waals surface area (Å²) in [5, 5.41) is 2.90. The molecule has 0 radical (unpaired) electrons. The van der Waals surface area contributed by atoms with Crippen LogP contribution in [0.15, 0.2) is 0 Å². The van der Waals surface area contributed by atoms with E-state index in [1.165, 1.54) is 0 Å². The molecule has 2 nitrogen and oxygen atoms in total. The number of rotatable bonds is 4. The van der Waals surface area contributed by atoms with Gasteiger partial charge in [-0.3, -0.25) is 4.79 Å². The quantitative estimate of drug-likeness (QED) is 0.566. The van der Waals surface area contributed by atoms with Crippen LogP contribution in [0.25, 0.3) is 0 Å². The van der Waals surface area contributed by atoms with E-state index in [1.807, 2.05) is 0 Å². The number of carbonyl (C=O) groups excluding carboxylic acids is 1. The van der Waals surface area contributed by atoms with E-state index in [9.17, 15) is 4.79 Å². The molecule has 0 spiro atoms. The highest BCUT2D eigenvalue weighted by Gasteiger charge is 2.08. The van der Waals surface area contributed by atoms with Crippen LogP contribution in [0.1, 0.15) is 13.3 Å². The van der Waals surface area contributed by atoms with Crippen molar-refractivity contribution in [2.45, 2.75) is 19.4 Å². The van der Waals surface area contributed by atoms with Crippen LogP contribution in [0, 0.1) is 0 Å². The van der Waals surface area contributed by atoms with Crippen LogP contribution in [0.3, 0.4) is 0 Å². The van der Waals surface area contributed by atoms with Gasteiger partial charge in [-0.05, 0) is 26.1 Å². The van der Waals surface area contributed by atoms with E-state index in [-0.39, 0.29) is 11.8 Å². The van der Waals surface area contributed by atoms with E-state index in [4.69, 9.17) is 0 Å². The van der Waals surface area contributed by atoms with Crippen LogP contribution < -0.4 is 5.32 Å². The first-order valence-corrected chi connectivity index (χ1v) is 3.64. The fourth-order valence-corrected chi connectivity index (χ4v) is 0.938. The summed E-state index contributed by atoms with van der Waals surface area (Å²) in [6.07, 6.45) is 0.814. The van der Waals surface area contributed by atoms with Gasteiger partial charge < -0.3 is 5.32 Å². The lowest BCUT2D eigenvalue weighted by Gasteiger charge is -2.09. The van der Waals surface area contributed by atoms with Gasteiger partial charge in [0.05, 0.1) is 6.04 Å². The second kappa shape index (κ2) is 4.82. The fraction of sp³-hybridized carbons (Fsp3) is 0.833. The third kappa shape index (κ3) is 3.54. The number of nitrogens with one attached hydrogen (secondary N) is 1.